The quantitative estimate of drug-likeness (QED) is 0.658. The van der Waals surface area contributed by atoms with Crippen LogP contribution in [0.25, 0.3) is 0 Å². The van der Waals surface area contributed by atoms with Crippen LogP contribution in [-0.2, 0) is 9.59 Å². The van der Waals surface area contributed by atoms with Crippen LogP contribution < -0.4 is 5.32 Å². The lowest BCUT2D eigenvalue weighted by Gasteiger charge is -2.47. The van der Waals surface area contributed by atoms with Crippen LogP contribution in [0.3, 0.4) is 0 Å². The highest BCUT2D eigenvalue weighted by molar-refractivity contribution is 5.76. The highest BCUT2D eigenvalue weighted by atomic mass is 16.3. The van der Waals surface area contributed by atoms with Crippen molar-refractivity contribution < 1.29 is 19.8 Å². The molecule has 0 aromatic heterocycles. The van der Waals surface area contributed by atoms with Crippen molar-refractivity contribution in [1.82, 2.24) is 10.2 Å². The van der Waals surface area contributed by atoms with Gasteiger partial charge in [-0.3, -0.25) is 9.59 Å². The van der Waals surface area contributed by atoms with E-state index in [1.54, 1.807) is 0 Å². The Balaban J connectivity index is 0.000000970. The molecule has 0 bridgehead atoms. The van der Waals surface area contributed by atoms with Gasteiger partial charge >= 0.3 is 0 Å². The SMILES string of the molecule is CN(CC1(CO)CCC1)C(=O)CC1CC(C)(C)NC(C)(C)C1.O=CO. The van der Waals surface area contributed by atoms with E-state index < -0.39 is 0 Å². The van der Waals surface area contributed by atoms with Gasteiger partial charge in [-0.05, 0) is 59.3 Å². The van der Waals surface area contributed by atoms with Gasteiger partial charge in [0.25, 0.3) is 6.47 Å². The summed E-state index contributed by atoms with van der Waals surface area (Å²) >= 11 is 0. The van der Waals surface area contributed by atoms with Crippen molar-refractivity contribution in [2.45, 2.75) is 77.3 Å². The average molecular weight is 357 g/mol. The third-order valence-electron chi connectivity index (χ3n) is 5.49. The van der Waals surface area contributed by atoms with Crippen molar-refractivity contribution in [2.24, 2.45) is 11.3 Å². The van der Waals surface area contributed by atoms with E-state index in [4.69, 9.17) is 9.90 Å². The van der Waals surface area contributed by atoms with E-state index in [9.17, 15) is 9.90 Å². The molecule has 0 aromatic carbocycles. The van der Waals surface area contributed by atoms with Crippen LogP contribution in [0.5, 0.6) is 0 Å². The second-order valence-electron chi connectivity index (χ2n) is 9.24. The van der Waals surface area contributed by atoms with Gasteiger partial charge in [0.1, 0.15) is 0 Å². The Morgan fingerprint density at radius 2 is 1.68 bits per heavy atom. The van der Waals surface area contributed by atoms with Gasteiger partial charge < -0.3 is 20.4 Å². The van der Waals surface area contributed by atoms with Crippen LogP contribution in [0.4, 0.5) is 0 Å². The van der Waals surface area contributed by atoms with E-state index >= 15 is 0 Å². The fraction of sp³-hybridized carbons (Fsp3) is 0.895. The Kier molecular flexibility index (Phi) is 7.44. The first-order valence-corrected chi connectivity index (χ1v) is 9.20. The van der Waals surface area contributed by atoms with Crippen molar-refractivity contribution in [3.8, 4) is 0 Å². The number of aliphatic hydroxyl groups excluding tert-OH is 1. The van der Waals surface area contributed by atoms with Gasteiger partial charge in [-0.1, -0.05) is 6.42 Å². The number of carboxylic acid groups (broad SMARTS) is 1. The van der Waals surface area contributed by atoms with Gasteiger partial charge in [-0.25, -0.2) is 0 Å². The largest absolute Gasteiger partial charge is 0.483 e. The minimum atomic E-state index is -0.250. The predicted molar refractivity (Wildman–Crippen MR) is 98.3 cm³/mol. The zero-order valence-corrected chi connectivity index (χ0v) is 16.5. The maximum absolute atomic E-state index is 12.6. The van der Waals surface area contributed by atoms with Gasteiger partial charge in [-0.15, -0.1) is 0 Å². The number of amides is 1. The summed E-state index contributed by atoms with van der Waals surface area (Å²) in [6, 6.07) is 0. The number of nitrogens with zero attached hydrogens (tertiary/aromatic N) is 1. The van der Waals surface area contributed by atoms with Gasteiger partial charge in [0.05, 0.1) is 6.61 Å². The van der Waals surface area contributed by atoms with Crippen molar-refractivity contribution in [3.63, 3.8) is 0 Å². The summed E-state index contributed by atoms with van der Waals surface area (Å²) in [5.41, 5.74) is 0.161. The molecule has 0 aromatic rings. The van der Waals surface area contributed by atoms with Gasteiger partial charge in [0, 0.05) is 36.5 Å². The predicted octanol–water partition coefficient (Wildman–Crippen LogP) is 2.26. The smallest absolute Gasteiger partial charge is 0.290 e. The summed E-state index contributed by atoms with van der Waals surface area (Å²) in [5, 5.41) is 20.1. The molecule has 146 valence electrons. The van der Waals surface area contributed by atoms with Crippen molar-refractivity contribution >= 4 is 12.4 Å². The van der Waals surface area contributed by atoms with Crippen LogP contribution in [0.2, 0.25) is 0 Å². The van der Waals surface area contributed by atoms with E-state index in [0.29, 0.717) is 18.9 Å². The van der Waals surface area contributed by atoms with Gasteiger partial charge in [-0.2, -0.15) is 0 Å². The molecule has 3 N–H and O–H groups in total. The zero-order chi connectivity index (χ0) is 19.3. The monoisotopic (exact) mass is 356 g/mol. The summed E-state index contributed by atoms with van der Waals surface area (Å²) in [6.07, 6.45) is 6.00. The van der Waals surface area contributed by atoms with Gasteiger partial charge in [0.15, 0.2) is 0 Å². The number of carbonyl (C=O) groups excluding carboxylic acids is 1. The van der Waals surface area contributed by atoms with Gasteiger partial charge in [0.2, 0.25) is 5.91 Å². The molecule has 6 heteroatoms. The molecule has 1 saturated carbocycles. The van der Waals surface area contributed by atoms with Crippen LogP contribution >= 0.6 is 0 Å². The fourth-order valence-corrected chi connectivity index (χ4v) is 4.72. The molecule has 2 aliphatic rings. The maximum Gasteiger partial charge on any atom is 0.290 e. The van der Waals surface area contributed by atoms with E-state index in [1.807, 2.05) is 11.9 Å². The lowest BCUT2D eigenvalue weighted by atomic mass is 9.69. The molecule has 0 spiro atoms. The van der Waals surface area contributed by atoms with E-state index in [1.165, 1.54) is 6.42 Å². The summed E-state index contributed by atoms with van der Waals surface area (Å²) in [5.74, 6) is 0.672. The first-order valence-electron chi connectivity index (χ1n) is 9.20. The van der Waals surface area contributed by atoms with Crippen molar-refractivity contribution in [1.29, 1.82) is 0 Å². The maximum atomic E-state index is 12.6. The first kappa shape index (κ1) is 21.9. The molecule has 0 atom stereocenters. The Hall–Kier alpha value is -1.14. The summed E-state index contributed by atoms with van der Waals surface area (Å²) in [7, 11) is 1.90. The molecule has 1 aliphatic carbocycles. The number of hydrogen-bond acceptors (Lipinski definition) is 4. The zero-order valence-electron chi connectivity index (χ0n) is 16.5. The number of piperidine rings is 1. The second kappa shape index (κ2) is 8.49. The molecular weight excluding hydrogens is 320 g/mol. The number of hydrogen-bond donors (Lipinski definition) is 3. The van der Waals surface area contributed by atoms with Crippen LogP contribution in [-0.4, -0.2) is 58.8 Å². The topological polar surface area (TPSA) is 89.9 Å². The lowest BCUT2D eigenvalue weighted by molar-refractivity contribution is -0.134. The average Bonchev–Trinajstić information content (AvgIpc) is 2.39. The molecule has 1 amide bonds. The van der Waals surface area contributed by atoms with Crippen molar-refractivity contribution in [3.05, 3.63) is 0 Å². The molecule has 25 heavy (non-hydrogen) atoms. The van der Waals surface area contributed by atoms with E-state index in [2.05, 4.69) is 33.0 Å². The summed E-state index contributed by atoms with van der Waals surface area (Å²) in [6.45, 7) is 9.57. The highest BCUT2D eigenvalue weighted by Gasteiger charge is 2.40. The number of rotatable bonds is 5. The molecule has 2 rings (SSSR count). The number of aliphatic hydroxyl groups is 1. The number of nitrogens with one attached hydrogen (secondary N) is 1. The Morgan fingerprint density at radius 1 is 1.20 bits per heavy atom. The lowest BCUT2D eigenvalue weighted by Crippen LogP contribution is -2.58. The molecule has 1 heterocycles. The Labute approximate surface area is 152 Å². The van der Waals surface area contributed by atoms with Crippen LogP contribution in [0.1, 0.15) is 66.2 Å². The Bertz CT molecular complexity index is 437. The second-order valence-corrected chi connectivity index (χ2v) is 9.24. The molecule has 1 saturated heterocycles. The van der Waals surface area contributed by atoms with Crippen LogP contribution in [0.15, 0.2) is 0 Å². The fourth-order valence-electron chi connectivity index (χ4n) is 4.72. The minimum absolute atomic E-state index is 0.0168. The molecule has 1 aliphatic heterocycles. The number of carbonyl (C=O) groups is 2. The molecular formula is C19H36N2O4. The molecule has 0 unspecified atom stereocenters. The molecule has 6 nitrogen and oxygen atoms in total. The standard InChI is InChI=1S/C18H34N2O2.CH2O2/c1-16(2)10-14(11-17(3,4)19-16)9-15(22)20(5)12-18(13-21)7-6-8-18;2-1-3/h14,19,21H,6-13H2,1-5H3;1H,(H,2,3). The van der Waals surface area contributed by atoms with Crippen LogP contribution in [0, 0.1) is 11.3 Å². The summed E-state index contributed by atoms with van der Waals surface area (Å²) in [4.78, 5) is 22.8. The Morgan fingerprint density at radius 3 is 2.04 bits per heavy atom. The van der Waals surface area contributed by atoms with Crippen molar-refractivity contribution in [2.75, 3.05) is 20.2 Å². The molecule has 2 fully saturated rings. The first-order chi connectivity index (χ1) is 11.5. The highest BCUT2D eigenvalue weighted by Crippen LogP contribution is 2.41. The summed E-state index contributed by atoms with van der Waals surface area (Å²) < 4.78 is 0. The minimum Gasteiger partial charge on any atom is -0.483 e. The third kappa shape index (κ3) is 6.59. The third-order valence-corrected chi connectivity index (χ3v) is 5.49. The van der Waals surface area contributed by atoms with E-state index in [0.717, 1.165) is 25.7 Å². The normalized spacial score (nSPS) is 23.6. The molecule has 0 radical (unpaired) electrons. The van der Waals surface area contributed by atoms with E-state index in [-0.39, 0.29) is 35.5 Å².